The summed E-state index contributed by atoms with van der Waals surface area (Å²) in [6.45, 7) is 1.41. The zero-order valence-corrected chi connectivity index (χ0v) is 12.4. The van der Waals surface area contributed by atoms with Crippen molar-refractivity contribution in [2.75, 3.05) is 26.8 Å². The van der Waals surface area contributed by atoms with Crippen LogP contribution >= 0.6 is 22.6 Å². The Hall–Kier alpha value is -1.13. The van der Waals surface area contributed by atoms with Gasteiger partial charge in [0, 0.05) is 29.3 Å². The van der Waals surface area contributed by atoms with Crippen LogP contribution in [-0.4, -0.2) is 37.6 Å². The summed E-state index contributed by atoms with van der Waals surface area (Å²) in [5.74, 6) is -0.0548. The smallest absolute Gasteiger partial charge is 0.254 e. The molecule has 0 aliphatic carbocycles. The van der Waals surface area contributed by atoms with Gasteiger partial charge in [-0.3, -0.25) is 4.79 Å². The standard InChI is InChI=1S/C13H15IN2O2/c1-18-9-8-16(7-3-6-15)13(17)11-4-2-5-12(14)10-11/h2,4-5,10H,3,7-9H2,1H3. The number of nitriles is 1. The second-order valence-corrected chi connectivity index (χ2v) is 4.95. The van der Waals surface area contributed by atoms with E-state index in [-0.39, 0.29) is 5.91 Å². The molecule has 0 saturated heterocycles. The highest BCUT2D eigenvalue weighted by molar-refractivity contribution is 14.1. The van der Waals surface area contributed by atoms with E-state index in [0.717, 1.165) is 3.57 Å². The zero-order chi connectivity index (χ0) is 13.4. The molecule has 0 radical (unpaired) electrons. The summed E-state index contributed by atoms with van der Waals surface area (Å²) in [6, 6.07) is 9.48. The molecule has 5 heteroatoms. The fraction of sp³-hybridized carbons (Fsp3) is 0.385. The molecule has 18 heavy (non-hydrogen) atoms. The second kappa shape index (κ2) is 8.06. The summed E-state index contributed by atoms with van der Waals surface area (Å²) < 4.78 is 6.00. The predicted octanol–water partition coefficient (Wildman–Crippen LogP) is 2.29. The Bertz CT molecular complexity index is 443. The Labute approximate surface area is 121 Å². The normalized spacial score (nSPS) is 9.83. The minimum absolute atomic E-state index is 0.0548. The maximum Gasteiger partial charge on any atom is 0.254 e. The first kappa shape index (κ1) is 14.9. The van der Waals surface area contributed by atoms with E-state index in [9.17, 15) is 4.79 Å². The van der Waals surface area contributed by atoms with Crippen molar-refractivity contribution in [2.45, 2.75) is 6.42 Å². The van der Waals surface area contributed by atoms with Crippen LogP contribution < -0.4 is 0 Å². The van der Waals surface area contributed by atoms with Gasteiger partial charge in [-0.1, -0.05) is 6.07 Å². The van der Waals surface area contributed by atoms with Crippen LogP contribution in [0.25, 0.3) is 0 Å². The van der Waals surface area contributed by atoms with Gasteiger partial charge in [-0.2, -0.15) is 5.26 Å². The monoisotopic (exact) mass is 358 g/mol. The average molecular weight is 358 g/mol. The largest absolute Gasteiger partial charge is 0.383 e. The van der Waals surface area contributed by atoms with E-state index >= 15 is 0 Å². The molecule has 1 aromatic rings. The van der Waals surface area contributed by atoms with Gasteiger partial charge in [0.25, 0.3) is 5.91 Å². The summed E-state index contributed by atoms with van der Waals surface area (Å²) in [5, 5.41) is 8.62. The zero-order valence-electron chi connectivity index (χ0n) is 10.2. The Morgan fingerprint density at radius 1 is 1.50 bits per heavy atom. The Morgan fingerprint density at radius 3 is 2.89 bits per heavy atom. The Balaban J connectivity index is 2.77. The van der Waals surface area contributed by atoms with Crippen LogP contribution in [0.3, 0.4) is 0 Å². The maximum atomic E-state index is 12.3. The Morgan fingerprint density at radius 2 is 2.28 bits per heavy atom. The number of hydrogen-bond acceptors (Lipinski definition) is 3. The quantitative estimate of drug-likeness (QED) is 0.734. The molecule has 0 N–H and O–H groups in total. The molecule has 96 valence electrons. The van der Waals surface area contributed by atoms with Crippen molar-refractivity contribution in [1.29, 1.82) is 5.26 Å². The van der Waals surface area contributed by atoms with E-state index in [1.54, 1.807) is 18.1 Å². The van der Waals surface area contributed by atoms with Crippen molar-refractivity contribution in [3.05, 3.63) is 33.4 Å². The molecule has 0 aromatic heterocycles. The minimum atomic E-state index is -0.0548. The number of carbonyl (C=O) groups is 1. The molecular weight excluding hydrogens is 343 g/mol. The van der Waals surface area contributed by atoms with E-state index in [2.05, 4.69) is 28.7 Å². The number of carbonyl (C=O) groups excluding carboxylic acids is 1. The third-order valence-corrected chi connectivity index (χ3v) is 3.09. The minimum Gasteiger partial charge on any atom is -0.383 e. The van der Waals surface area contributed by atoms with E-state index in [1.165, 1.54) is 0 Å². The van der Waals surface area contributed by atoms with Gasteiger partial charge in [0.2, 0.25) is 0 Å². The summed E-state index contributed by atoms with van der Waals surface area (Å²) in [7, 11) is 1.60. The van der Waals surface area contributed by atoms with Gasteiger partial charge in [0.05, 0.1) is 19.1 Å². The van der Waals surface area contributed by atoms with Crippen LogP contribution in [0.1, 0.15) is 16.8 Å². The van der Waals surface area contributed by atoms with E-state index in [0.29, 0.717) is 31.7 Å². The summed E-state index contributed by atoms with van der Waals surface area (Å²) in [5.41, 5.74) is 0.649. The van der Waals surface area contributed by atoms with Crippen LogP contribution in [0.15, 0.2) is 24.3 Å². The number of rotatable bonds is 6. The highest BCUT2D eigenvalue weighted by Gasteiger charge is 2.15. The summed E-state index contributed by atoms with van der Waals surface area (Å²) >= 11 is 2.17. The first-order chi connectivity index (χ1) is 8.69. The molecule has 0 heterocycles. The number of hydrogen-bond donors (Lipinski definition) is 0. The first-order valence-corrected chi connectivity index (χ1v) is 6.67. The fourth-order valence-corrected chi connectivity index (χ4v) is 2.05. The SMILES string of the molecule is COCCN(CCC#N)C(=O)c1cccc(I)c1. The molecule has 1 aromatic carbocycles. The molecule has 0 fully saturated rings. The first-order valence-electron chi connectivity index (χ1n) is 5.59. The molecule has 0 unspecified atom stereocenters. The average Bonchev–Trinajstić information content (AvgIpc) is 2.38. The van der Waals surface area contributed by atoms with Crippen LogP contribution in [0.4, 0.5) is 0 Å². The van der Waals surface area contributed by atoms with Gasteiger partial charge in [0.1, 0.15) is 0 Å². The molecule has 0 bridgehead atoms. The lowest BCUT2D eigenvalue weighted by Gasteiger charge is -2.21. The third-order valence-electron chi connectivity index (χ3n) is 2.42. The van der Waals surface area contributed by atoms with Gasteiger partial charge in [-0.15, -0.1) is 0 Å². The van der Waals surface area contributed by atoms with E-state index < -0.39 is 0 Å². The van der Waals surface area contributed by atoms with E-state index in [1.807, 2.05) is 18.2 Å². The molecule has 0 saturated carbocycles. The number of halogens is 1. The van der Waals surface area contributed by atoms with Gasteiger partial charge in [-0.25, -0.2) is 0 Å². The molecule has 4 nitrogen and oxygen atoms in total. The molecular formula is C13H15IN2O2. The predicted molar refractivity (Wildman–Crippen MR) is 77.2 cm³/mol. The van der Waals surface area contributed by atoms with E-state index in [4.69, 9.17) is 10.00 Å². The van der Waals surface area contributed by atoms with Crippen LogP contribution in [0, 0.1) is 14.9 Å². The Kier molecular flexibility index (Phi) is 6.68. The fourth-order valence-electron chi connectivity index (χ4n) is 1.51. The van der Waals surface area contributed by atoms with Gasteiger partial charge in [-0.05, 0) is 40.8 Å². The van der Waals surface area contributed by atoms with Crippen molar-refractivity contribution >= 4 is 28.5 Å². The van der Waals surface area contributed by atoms with Gasteiger partial charge < -0.3 is 9.64 Å². The highest BCUT2D eigenvalue weighted by Crippen LogP contribution is 2.10. The van der Waals surface area contributed by atoms with Gasteiger partial charge >= 0.3 is 0 Å². The number of nitrogens with zero attached hydrogens (tertiary/aromatic N) is 2. The topological polar surface area (TPSA) is 53.3 Å². The number of ether oxygens (including phenoxy) is 1. The second-order valence-electron chi connectivity index (χ2n) is 3.70. The number of amides is 1. The molecule has 1 rings (SSSR count). The van der Waals surface area contributed by atoms with Crippen LogP contribution in [0.2, 0.25) is 0 Å². The number of benzene rings is 1. The summed E-state index contributed by atoms with van der Waals surface area (Å²) in [4.78, 5) is 13.9. The molecule has 1 amide bonds. The maximum absolute atomic E-state index is 12.3. The lowest BCUT2D eigenvalue weighted by Crippen LogP contribution is -2.34. The van der Waals surface area contributed by atoms with Gasteiger partial charge in [0.15, 0.2) is 0 Å². The third kappa shape index (κ3) is 4.63. The summed E-state index contributed by atoms with van der Waals surface area (Å²) in [6.07, 6.45) is 0.333. The molecule has 0 spiro atoms. The van der Waals surface area contributed by atoms with Crippen molar-refractivity contribution < 1.29 is 9.53 Å². The van der Waals surface area contributed by atoms with Crippen molar-refractivity contribution in [1.82, 2.24) is 4.90 Å². The number of methoxy groups -OCH3 is 1. The van der Waals surface area contributed by atoms with Crippen LogP contribution in [-0.2, 0) is 4.74 Å². The van der Waals surface area contributed by atoms with Crippen molar-refractivity contribution in [3.8, 4) is 6.07 Å². The van der Waals surface area contributed by atoms with Crippen molar-refractivity contribution in [3.63, 3.8) is 0 Å². The molecule has 0 aliphatic rings. The lowest BCUT2D eigenvalue weighted by molar-refractivity contribution is 0.0700. The van der Waals surface area contributed by atoms with Crippen molar-refractivity contribution in [2.24, 2.45) is 0 Å². The molecule has 0 aliphatic heterocycles. The molecule has 0 atom stereocenters. The highest BCUT2D eigenvalue weighted by atomic mass is 127. The van der Waals surface area contributed by atoms with Crippen LogP contribution in [0.5, 0.6) is 0 Å². The lowest BCUT2D eigenvalue weighted by atomic mass is 10.2.